The summed E-state index contributed by atoms with van der Waals surface area (Å²) in [6.07, 6.45) is 16.0. The number of hydrogen-bond donors (Lipinski definition) is 2. The summed E-state index contributed by atoms with van der Waals surface area (Å²) in [5.74, 6) is 2.08. The van der Waals surface area contributed by atoms with Crippen molar-refractivity contribution in [1.82, 2.24) is 5.32 Å². The average molecular weight is 537 g/mol. The third-order valence-electron chi connectivity index (χ3n) is 9.02. The van der Waals surface area contributed by atoms with Crippen LogP contribution in [0.1, 0.15) is 98.9 Å². The smallest absolute Gasteiger partial charge is 0.255 e. The topological polar surface area (TPSA) is 45.5 Å². The molecular weight excluding hydrogens is 495 g/mol. The molecule has 204 valence electrons. The van der Waals surface area contributed by atoms with Gasteiger partial charge in [-0.05, 0) is 72.9 Å². The normalized spacial score (nSPS) is 21.5. The average Bonchev–Trinajstić information content (AvgIpc) is 3.09. The first-order chi connectivity index (χ1) is 18.5. The van der Waals surface area contributed by atoms with Crippen molar-refractivity contribution in [2.24, 2.45) is 11.8 Å². The summed E-state index contributed by atoms with van der Waals surface area (Å²) in [5.41, 5.74) is 4.09. The summed E-state index contributed by atoms with van der Waals surface area (Å²) < 4.78 is 21.8. The van der Waals surface area contributed by atoms with Crippen LogP contribution in [0.4, 0.5) is 10.1 Å². The van der Waals surface area contributed by atoms with Crippen LogP contribution in [0.5, 0.6) is 0 Å². The minimum absolute atomic E-state index is 0.203. The second-order valence-electron chi connectivity index (χ2n) is 11.4. The summed E-state index contributed by atoms with van der Waals surface area (Å²) >= 11 is 4.70. The van der Waals surface area contributed by atoms with E-state index in [-0.39, 0.29) is 11.7 Å². The van der Waals surface area contributed by atoms with Crippen LogP contribution < -0.4 is 9.62 Å². The van der Waals surface area contributed by atoms with Gasteiger partial charge < -0.3 is 14.0 Å². The first-order valence-electron chi connectivity index (χ1n) is 14.5. The van der Waals surface area contributed by atoms with Crippen LogP contribution in [0.3, 0.4) is 0 Å². The molecule has 0 aliphatic heterocycles. The number of rotatable bonds is 5. The molecule has 6 heteroatoms. The summed E-state index contributed by atoms with van der Waals surface area (Å²) in [4.78, 5) is 13.1. The van der Waals surface area contributed by atoms with E-state index in [1.54, 1.807) is 19.2 Å². The molecule has 2 aliphatic rings. The van der Waals surface area contributed by atoms with E-state index in [1.165, 1.54) is 88.3 Å². The van der Waals surface area contributed by atoms with Gasteiger partial charge in [-0.1, -0.05) is 70.6 Å². The van der Waals surface area contributed by atoms with Gasteiger partial charge in [0.05, 0.1) is 11.3 Å². The standard InChI is InChI=1S/C32H41FN2O2S/c1-34-32(36)30-27-19-26(23-12-8-11-22(13-14-23)21-9-6-4-3-5-7-10-21)28(35(2)38)20-29(27)37-31(30)24-15-17-25(33)18-16-24/h15-23,38H,3-14H2,1-2H3,(H,34,36). The molecule has 2 atom stereocenters. The van der Waals surface area contributed by atoms with Crippen molar-refractivity contribution in [2.45, 2.75) is 83.0 Å². The fraction of sp³-hybridized carbons (Fsp3) is 0.531. The van der Waals surface area contributed by atoms with Crippen molar-refractivity contribution in [1.29, 1.82) is 0 Å². The first-order valence-corrected chi connectivity index (χ1v) is 14.9. The van der Waals surface area contributed by atoms with Gasteiger partial charge in [0.15, 0.2) is 0 Å². The molecule has 1 N–H and O–H groups in total. The Kier molecular flexibility index (Phi) is 8.67. The number of fused-ring (bicyclic) bond motifs is 1. The van der Waals surface area contributed by atoms with E-state index in [1.807, 2.05) is 17.4 Å². The minimum atomic E-state index is -0.321. The third kappa shape index (κ3) is 5.75. The zero-order valence-corrected chi connectivity index (χ0v) is 23.7. The molecule has 2 unspecified atom stereocenters. The van der Waals surface area contributed by atoms with Crippen LogP contribution in [0, 0.1) is 17.7 Å². The van der Waals surface area contributed by atoms with Crippen LogP contribution in [0.25, 0.3) is 22.3 Å². The lowest BCUT2D eigenvalue weighted by Crippen LogP contribution is -2.18. The molecule has 2 aromatic carbocycles. The van der Waals surface area contributed by atoms with Crippen molar-refractivity contribution >= 4 is 35.4 Å². The second kappa shape index (κ2) is 12.1. The Labute approximate surface area is 231 Å². The number of anilines is 1. The molecule has 1 heterocycles. The van der Waals surface area contributed by atoms with Crippen LogP contribution >= 0.6 is 12.8 Å². The van der Waals surface area contributed by atoms with Crippen molar-refractivity contribution in [3.63, 3.8) is 0 Å². The lowest BCUT2D eigenvalue weighted by molar-refractivity contribution is 0.0964. The fourth-order valence-corrected chi connectivity index (χ4v) is 7.16. The summed E-state index contributed by atoms with van der Waals surface area (Å²) in [6, 6.07) is 10.3. The maximum atomic E-state index is 13.6. The van der Waals surface area contributed by atoms with E-state index in [2.05, 4.69) is 11.4 Å². The highest BCUT2D eigenvalue weighted by molar-refractivity contribution is 7.81. The van der Waals surface area contributed by atoms with Crippen molar-refractivity contribution in [2.75, 3.05) is 18.4 Å². The van der Waals surface area contributed by atoms with E-state index in [4.69, 9.17) is 17.2 Å². The highest BCUT2D eigenvalue weighted by Gasteiger charge is 2.30. The number of thiol groups is 1. The minimum Gasteiger partial charge on any atom is -0.455 e. The van der Waals surface area contributed by atoms with Crippen LogP contribution in [-0.2, 0) is 0 Å². The molecule has 2 fully saturated rings. The molecule has 3 aromatic rings. The van der Waals surface area contributed by atoms with Crippen molar-refractivity contribution < 1.29 is 13.6 Å². The number of amides is 1. The Balaban J connectivity index is 1.50. The lowest BCUT2D eigenvalue weighted by atomic mass is 9.78. The van der Waals surface area contributed by atoms with Gasteiger partial charge in [-0.25, -0.2) is 4.39 Å². The van der Waals surface area contributed by atoms with Gasteiger partial charge in [0.25, 0.3) is 5.91 Å². The SMILES string of the molecule is CNC(=O)c1c(-c2ccc(F)cc2)oc2cc(N(C)S)c(C3CCCC(C4CCCCCCC4)CC3)cc12. The van der Waals surface area contributed by atoms with Crippen LogP contribution in [0.2, 0.25) is 0 Å². The molecule has 4 nitrogen and oxygen atoms in total. The van der Waals surface area contributed by atoms with Crippen LogP contribution in [0.15, 0.2) is 40.8 Å². The number of carbonyl (C=O) groups is 1. The maximum absolute atomic E-state index is 13.6. The number of nitrogens with zero attached hydrogens (tertiary/aromatic N) is 1. The number of furan rings is 1. The van der Waals surface area contributed by atoms with Gasteiger partial charge in [-0.15, -0.1) is 0 Å². The number of nitrogens with one attached hydrogen (secondary N) is 1. The van der Waals surface area contributed by atoms with Gasteiger partial charge in [0.1, 0.15) is 17.2 Å². The second-order valence-corrected chi connectivity index (χ2v) is 12.0. The number of carbonyl (C=O) groups excluding carboxylic acids is 1. The Bertz CT molecular complexity index is 1240. The quantitative estimate of drug-likeness (QED) is 0.253. The molecule has 1 amide bonds. The van der Waals surface area contributed by atoms with Gasteiger partial charge in [-0.3, -0.25) is 4.79 Å². The molecule has 2 aliphatic carbocycles. The zero-order chi connectivity index (χ0) is 26.6. The highest BCUT2D eigenvalue weighted by Crippen LogP contribution is 2.45. The summed E-state index contributed by atoms with van der Waals surface area (Å²) in [6.45, 7) is 0. The maximum Gasteiger partial charge on any atom is 0.255 e. The van der Waals surface area contributed by atoms with Gasteiger partial charge in [-0.2, -0.15) is 0 Å². The molecular formula is C32H41FN2O2S. The highest BCUT2D eigenvalue weighted by atomic mass is 32.1. The predicted octanol–water partition coefficient (Wildman–Crippen LogP) is 8.90. The number of benzene rings is 2. The van der Waals surface area contributed by atoms with Gasteiger partial charge >= 0.3 is 0 Å². The van der Waals surface area contributed by atoms with E-state index in [0.29, 0.717) is 28.4 Å². The lowest BCUT2D eigenvalue weighted by Gasteiger charge is -2.28. The zero-order valence-electron chi connectivity index (χ0n) is 22.8. The Morgan fingerprint density at radius 3 is 2.26 bits per heavy atom. The molecule has 38 heavy (non-hydrogen) atoms. The van der Waals surface area contributed by atoms with E-state index < -0.39 is 0 Å². The van der Waals surface area contributed by atoms with E-state index >= 15 is 0 Å². The van der Waals surface area contributed by atoms with E-state index in [0.717, 1.165) is 29.3 Å². The largest absolute Gasteiger partial charge is 0.455 e. The molecule has 0 saturated heterocycles. The predicted molar refractivity (Wildman–Crippen MR) is 158 cm³/mol. The fourth-order valence-electron chi connectivity index (χ4n) is 6.98. The third-order valence-corrected chi connectivity index (χ3v) is 9.23. The van der Waals surface area contributed by atoms with Crippen molar-refractivity contribution in [3.05, 3.63) is 53.3 Å². The van der Waals surface area contributed by atoms with E-state index in [9.17, 15) is 9.18 Å². The monoisotopic (exact) mass is 536 g/mol. The van der Waals surface area contributed by atoms with Gasteiger partial charge in [0, 0.05) is 31.1 Å². The van der Waals surface area contributed by atoms with Crippen molar-refractivity contribution in [3.8, 4) is 11.3 Å². The Morgan fingerprint density at radius 2 is 1.58 bits per heavy atom. The van der Waals surface area contributed by atoms with Crippen LogP contribution in [-0.4, -0.2) is 20.0 Å². The van der Waals surface area contributed by atoms with Gasteiger partial charge in [0.2, 0.25) is 0 Å². The molecule has 5 rings (SSSR count). The first kappa shape index (κ1) is 27.1. The summed E-state index contributed by atoms with van der Waals surface area (Å²) in [5, 5.41) is 3.58. The summed E-state index contributed by atoms with van der Waals surface area (Å²) in [7, 11) is 3.58. The molecule has 0 spiro atoms. The Morgan fingerprint density at radius 1 is 0.921 bits per heavy atom. The molecule has 1 aromatic heterocycles. The Hall–Kier alpha value is -2.47. The number of halogens is 1. The molecule has 2 saturated carbocycles. The molecule has 0 radical (unpaired) electrons. The number of hydrogen-bond acceptors (Lipinski definition) is 4. The molecule has 0 bridgehead atoms.